The van der Waals surface area contributed by atoms with Gasteiger partial charge in [-0.15, -0.1) is 0 Å². The van der Waals surface area contributed by atoms with Gasteiger partial charge in [-0.3, -0.25) is 4.57 Å². The highest BCUT2D eigenvalue weighted by molar-refractivity contribution is 6.28. The van der Waals surface area contributed by atoms with Crippen LogP contribution >= 0.6 is 0 Å². The molecule has 3 aromatic heterocycles. The lowest BCUT2D eigenvalue weighted by atomic mass is 10.00. The summed E-state index contributed by atoms with van der Waals surface area (Å²) in [4.78, 5) is 5.27. The minimum Gasteiger partial charge on any atom is -0.309 e. The number of para-hydroxylation sites is 2. The van der Waals surface area contributed by atoms with E-state index in [1.807, 2.05) is 0 Å². The summed E-state index contributed by atoms with van der Waals surface area (Å²) >= 11 is 0. The maximum atomic E-state index is 5.27. The molecule has 0 unspecified atom stereocenters. The minimum absolute atomic E-state index is 0.913. The van der Waals surface area contributed by atoms with Crippen LogP contribution in [0.15, 0.2) is 176 Å². The lowest BCUT2D eigenvalue weighted by Crippen LogP contribution is -1.99. The summed E-state index contributed by atoms with van der Waals surface area (Å²) in [5.41, 5.74) is 9.18. The van der Waals surface area contributed by atoms with Gasteiger partial charge >= 0.3 is 0 Å². The maximum absolute atomic E-state index is 5.27. The van der Waals surface area contributed by atoms with Gasteiger partial charge in [-0.05, 0) is 81.2 Å². The van der Waals surface area contributed by atoms with Crippen molar-refractivity contribution in [3.63, 3.8) is 0 Å². The molecule has 232 valence electrons. The third kappa shape index (κ3) is 3.83. The first-order valence-corrected chi connectivity index (χ1v) is 17.1. The molecule has 8 aromatic carbocycles. The molecule has 0 bridgehead atoms. The molecule has 0 atom stereocenters. The fourth-order valence-corrected chi connectivity index (χ4v) is 8.31. The number of fused-ring (bicyclic) bond motifs is 11. The number of nitrogens with zero attached hydrogens (tertiary/aromatic N) is 3. The van der Waals surface area contributed by atoms with E-state index in [0.717, 1.165) is 33.4 Å². The van der Waals surface area contributed by atoms with E-state index in [4.69, 9.17) is 4.98 Å². The van der Waals surface area contributed by atoms with E-state index >= 15 is 0 Å². The molecule has 0 amide bonds. The molecule has 0 N–H and O–H groups in total. The summed E-state index contributed by atoms with van der Waals surface area (Å²) < 4.78 is 4.79. The van der Waals surface area contributed by atoms with Crippen molar-refractivity contribution in [2.45, 2.75) is 0 Å². The van der Waals surface area contributed by atoms with Gasteiger partial charge in [0.05, 0.1) is 27.6 Å². The Labute approximate surface area is 287 Å². The van der Waals surface area contributed by atoms with Crippen LogP contribution < -0.4 is 0 Å². The molecule has 50 heavy (non-hydrogen) atoms. The Bertz CT molecular complexity index is 3050. The number of rotatable bonds is 3. The van der Waals surface area contributed by atoms with Crippen LogP contribution in [0.3, 0.4) is 0 Å². The van der Waals surface area contributed by atoms with E-state index in [9.17, 15) is 0 Å². The first kappa shape index (κ1) is 27.3. The van der Waals surface area contributed by atoms with Crippen molar-refractivity contribution in [3.05, 3.63) is 176 Å². The molecule has 0 fully saturated rings. The lowest BCUT2D eigenvalue weighted by Gasteiger charge is -2.13. The highest BCUT2D eigenvalue weighted by Crippen LogP contribution is 2.42. The van der Waals surface area contributed by atoms with Crippen LogP contribution in [0.5, 0.6) is 0 Å². The van der Waals surface area contributed by atoms with E-state index in [1.165, 1.54) is 65.3 Å². The Morgan fingerprint density at radius 3 is 1.64 bits per heavy atom. The molecule has 11 rings (SSSR count). The zero-order valence-corrected chi connectivity index (χ0v) is 27.1. The number of benzene rings is 8. The van der Waals surface area contributed by atoms with Crippen molar-refractivity contribution in [2.75, 3.05) is 0 Å². The summed E-state index contributed by atoms with van der Waals surface area (Å²) in [7, 11) is 0. The van der Waals surface area contributed by atoms with Crippen molar-refractivity contribution in [3.8, 4) is 22.6 Å². The van der Waals surface area contributed by atoms with Crippen LogP contribution in [0.25, 0.3) is 98.7 Å². The Hall–Kier alpha value is -6.71. The third-order valence-electron chi connectivity index (χ3n) is 10.5. The average molecular weight is 636 g/mol. The predicted molar refractivity (Wildman–Crippen MR) is 211 cm³/mol. The third-order valence-corrected chi connectivity index (χ3v) is 10.5. The monoisotopic (exact) mass is 635 g/mol. The zero-order chi connectivity index (χ0) is 32.8. The fourth-order valence-electron chi connectivity index (χ4n) is 8.31. The van der Waals surface area contributed by atoms with Crippen LogP contribution in [0.2, 0.25) is 0 Å². The smallest absolute Gasteiger partial charge is 0.138 e. The largest absolute Gasteiger partial charge is 0.309 e. The number of pyridine rings is 1. The Morgan fingerprint density at radius 1 is 0.360 bits per heavy atom. The molecule has 0 radical (unpaired) electrons. The van der Waals surface area contributed by atoms with E-state index in [2.05, 4.69) is 185 Å². The van der Waals surface area contributed by atoms with Crippen LogP contribution in [0.1, 0.15) is 0 Å². The fraction of sp³-hybridized carbons (Fsp3) is 0. The minimum atomic E-state index is 0.913. The van der Waals surface area contributed by atoms with Crippen molar-refractivity contribution in [1.82, 2.24) is 14.1 Å². The van der Waals surface area contributed by atoms with Crippen LogP contribution in [-0.4, -0.2) is 14.1 Å². The van der Waals surface area contributed by atoms with Crippen molar-refractivity contribution < 1.29 is 0 Å². The molecule has 0 spiro atoms. The molecule has 0 saturated heterocycles. The van der Waals surface area contributed by atoms with E-state index in [-0.39, 0.29) is 0 Å². The molecule has 0 aliphatic heterocycles. The molecule has 11 aromatic rings. The van der Waals surface area contributed by atoms with E-state index in [1.54, 1.807) is 0 Å². The van der Waals surface area contributed by atoms with Gasteiger partial charge in [0.1, 0.15) is 5.82 Å². The molecule has 3 nitrogen and oxygen atoms in total. The van der Waals surface area contributed by atoms with Gasteiger partial charge in [0, 0.05) is 32.6 Å². The van der Waals surface area contributed by atoms with Gasteiger partial charge < -0.3 is 4.57 Å². The molecule has 0 saturated carbocycles. The first-order valence-electron chi connectivity index (χ1n) is 17.1. The summed E-state index contributed by atoms with van der Waals surface area (Å²) in [6, 6.07) is 63.6. The summed E-state index contributed by atoms with van der Waals surface area (Å²) in [6.07, 6.45) is 0. The van der Waals surface area contributed by atoms with Gasteiger partial charge in [-0.2, -0.15) is 0 Å². The SMILES string of the molecule is c1ccc(-c2cc(-n3c4ccccc4c4cc(-n5c6ccc7ccccc7c6c6c7ccccc7ccc65)ccc43)nc3ccccc23)cc1. The number of hydrogen-bond acceptors (Lipinski definition) is 1. The number of aromatic nitrogens is 3. The summed E-state index contributed by atoms with van der Waals surface area (Å²) in [6.45, 7) is 0. The second-order valence-corrected chi connectivity index (χ2v) is 13.2. The zero-order valence-electron chi connectivity index (χ0n) is 27.1. The van der Waals surface area contributed by atoms with Crippen LogP contribution in [0.4, 0.5) is 0 Å². The van der Waals surface area contributed by atoms with Crippen molar-refractivity contribution in [1.29, 1.82) is 0 Å². The highest BCUT2D eigenvalue weighted by Gasteiger charge is 2.20. The van der Waals surface area contributed by atoms with Gasteiger partial charge in [0.15, 0.2) is 0 Å². The average Bonchev–Trinajstić information content (AvgIpc) is 3.71. The van der Waals surface area contributed by atoms with Crippen molar-refractivity contribution in [2.24, 2.45) is 0 Å². The first-order chi connectivity index (χ1) is 24.8. The molecule has 3 heteroatoms. The Kier molecular flexibility index (Phi) is 5.67. The van der Waals surface area contributed by atoms with Gasteiger partial charge in [0.25, 0.3) is 0 Å². The Balaban J connectivity index is 1.22. The quantitative estimate of drug-likeness (QED) is 0.189. The summed E-state index contributed by atoms with van der Waals surface area (Å²) in [5.74, 6) is 0.913. The number of hydrogen-bond donors (Lipinski definition) is 0. The van der Waals surface area contributed by atoms with Crippen LogP contribution in [0, 0.1) is 0 Å². The second kappa shape index (κ2) is 10.4. The van der Waals surface area contributed by atoms with Gasteiger partial charge in [-0.1, -0.05) is 127 Å². The predicted octanol–water partition coefficient (Wildman–Crippen LogP) is 12.4. The van der Waals surface area contributed by atoms with Crippen LogP contribution in [-0.2, 0) is 0 Å². The molecular weight excluding hydrogens is 607 g/mol. The standard InChI is InChI=1S/C47H29N3/c1-2-12-30(13-3-1)38-29-45(48-40-20-10-8-18-36(38)40)50-41-21-11-9-19-37(41)39-28-33(24-27-42(39)50)49-43-25-22-31-14-4-6-16-34(31)46(43)47-35-17-7-5-15-32(35)23-26-44(47)49/h1-29H. The topological polar surface area (TPSA) is 22.8 Å². The van der Waals surface area contributed by atoms with Gasteiger partial charge in [0.2, 0.25) is 0 Å². The molecule has 0 aliphatic carbocycles. The lowest BCUT2D eigenvalue weighted by molar-refractivity contribution is 1.10. The molecule has 3 heterocycles. The molecule has 0 aliphatic rings. The normalized spacial score (nSPS) is 12.0. The Morgan fingerprint density at radius 2 is 0.920 bits per heavy atom. The maximum Gasteiger partial charge on any atom is 0.138 e. The van der Waals surface area contributed by atoms with Gasteiger partial charge in [-0.25, -0.2) is 4.98 Å². The van der Waals surface area contributed by atoms with Crippen molar-refractivity contribution >= 4 is 76.1 Å². The molecular formula is C47H29N3. The van der Waals surface area contributed by atoms with E-state index < -0.39 is 0 Å². The van der Waals surface area contributed by atoms with E-state index in [0.29, 0.717) is 0 Å². The summed E-state index contributed by atoms with van der Waals surface area (Å²) in [5, 5.41) is 11.2. The second-order valence-electron chi connectivity index (χ2n) is 13.2. The highest BCUT2D eigenvalue weighted by atomic mass is 15.1.